The topological polar surface area (TPSA) is 89.4 Å². The van der Waals surface area contributed by atoms with Crippen LogP contribution in [0.25, 0.3) is 11.3 Å². The quantitative estimate of drug-likeness (QED) is 0.493. The largest absolute Gasteiger partial charge is 0.493 e. The van der Waals surface area contributed by atoms with Gasteiger partial charge in [0.2, 0.25) is 0 Å². The molecule has 1 aromatic carbocycles. The predicted molar refractivity (Wildman–Crippen MR) is 127 cm³/mol. The molecular weight excluding hydrogens is 442 g/mol. The molecule has 8 nitrogen and oxygen atoms in total. The molecule has 3 N–H and O–H groups in total. The average Bonchev–Trinajstić information content (AvgIpc) is 3.16. The van der Waals surface area contributed by atoms with Gasteiger partial charge in [-0.05, 0) is 44.2 Å². The predicted octanol–water partition coefficient (Wildman–Crippen LogP) is 3.50. The molecule has 0 radical (unpaired) electrons. The molecule has 0 unspecified atom stereocenters. The zero-order valence-electron chi connectivity index (χ0n) is 18.6. The fraction of sp³-hybridized carbons (Fsp3) is 0.333. The van der Waals surface area contributed by atoms with Crippen molar-refractivity contribution in [3.8, 4) is 22.8 Å². The molecule has 172 valence electrons. The maximum absolute atomic E-state index is 12.7. The van der Waals surface area contributed by atoms with E-state index in [1.165, 1.54) is 0 Å². The lowest BCUT2D eigenvalue weighted by molar-refractivity contribution is 0.0945. The van der Waals surface area contributed by atoms with E-state index in [0.29, 0.717) is 47.3 Å². The summed E-state index contributed by atoms with van der Waals surface area (Å²) in [5.41, 5.74) is 7.21. The van der Waals surface area contributed by atoms with Gasteiger partial charge in [-0.15, -0.1) is 0 Å². The molecule has 0 spiro atoms. The van der Waals surface area contributed by atoms with Crippen molar-refractivity contribution < 1.29 is 14.3 Å². The Balaban J connectivity index is 1.59. The highest BCUT2D eigenvalue weighted by Crippen LogP contribution is 2.37. The first-order valence-electron chi connectivity index (χ1n) is 10.9. The molecule has 2 aromatic heterocycles. The number of fused-ring (bicyclic) bond motifs is 1. The monoisotopic (exact) mass is 467 g/mol. The van der Waals surface area contributed by atoms with E-state index >= 15 is 0 Å². The number of nitrogens with one attached hydrogen (secondary N) is 3. The summed E-state index contributed by atoms with van der Waals surface area (Å²) in [6.07, 6.45) is 5.18. The van der Waals surface area contributed by atoms with Crippen molar-refractivity contribution in [2.45, 2.75) is 25.3 Å². The van der Waals surface area contributed by atoms with E-state index in [0.717, 1.165) is 29.9 Å². The number of rotatable bonds is 7. The number of nitrogens with zero attached hydrogens (tertiary/aromatic N) is 2. The zero-order chi connectivity index (χ0) is 23.0. The Labute approximate surface area is 197 Å². The van der Waals surface area contributed by atoms with Gasteiger partial charge in [-0.2, -0.15) is 0 Å². The van der Waals surface area contributed by atoms with Crippen LogP contribution in [0.4, 0.5) is 5.69 Å². The van der Waals surface area contributed by atoms with E-state index in [1.54, 1.807) is 25.6 Å². The van der Waals surface area contributed by atoms with Gasteiger partial charge in [-0.1, -0.05) is 17.7 Å². The van der Waals surface area contributed by atoms with Gasteiger partial charge in [-0.25, -0.2) is 0 Å². The standard InChI is InChI=1S/C24H26ClN5O3/c1-24(8-11-28-24)14-33-21-13-26-9-6-15(21)20-12-16-19(7-10-27-23(16)31)30(20)29-18-5-3-4-17(25)22(18)32-2/h3-6,9,12-13,28-29H,7-8,10-11,14H2,1-2H3,(H,27,31)/t24-/m1/s1. The summed E-state index contributed by atoms with van der Waals surface area (Å²) < 4.78 is 13.7. The third-order valence-corrected chi connectivity index (χ3v) is 6.53. The van der Waals surface area contributed by atoms with Crippen LogP contribution in [0.15, 0.2) is 42.7 Å². The third-order valence-electron chi connectivity index (χ3n) is 6.23. The SMILES string of the molecule is COc1c(Cl)cccc1Nn1c(-c2ccncc2OC[C@@]2(C)CCN2)cc2c1CCNC2=O. The van der Waals surface area contributed by atoms with Gasteiger partial charge in [0.25, 0.3) is 5.91 Å². The van der Waals surface area contributed by atoms with E-state index < -0.39 is 0 Å². The van der Waals surface area contributed by atoms with Crippen LogP contribution in [-0.4, -0.2) is 47.9 Å². The van der Waals surface area contributed by atoms with Gasteiger partial charge in [0.1, 0.15) is 12.4 Å². The highest BCUT2D eigenvalue weighted by atomic mass is 35.5. The molecule has 1 saturated heterocycles. The first-order chi connectivity index (χ1) is 16.0. The van der Waals surface area contributed by atoms with Gasteiger partial charge in [0.05, 0.1) is 46.5 Å². The summed E-state index contributed by atoms with van der Waals surface area (Å²) in [5, 5.41) is 6.84. The summed E-state index contributed by atoms with van der Waals surface area (Å²) in [6.45, 7) is 4.23. The lowest BCUT2D eigenvalue weighted by Crippen LogP contribution is -2.58. The van der Waals surface area contributed by atoms with Gasteiger partial charge in [0, 0.05) is 24.7 Å². The van der Waals surface area contributed by atoms with Crippen LogP contribution in [0.5, 0.6) is 11.5 Å². The minimum absolute atomic E-state index is 0.0410. The number of pyridine rings is 1. The minimum atomic E-state index is -0.0983. The van der Waals surface area contributed by atoms with Crippen LogP contribution in [-0.2, 0) is 6.42 Å². The van der Waals surface area contributed by atoms with E-state index in [4.69, 9.17) is 21.1 Å². The molecule has 4 heterocycles. The van der Waals surface area contributed by atoms with Crippen molar-refractivity contribution in [3.63, 3.8) is 0 Å². The van der Waals surface area contributed by atoms with Crippen molar-refractivity contribution in [2.75, 3.05) is 32.2 Å². The Morgan fingerprint density at radius 2 is 2.12 bits per heavy atom. The lowest BCUT2D eigenvalue weighted by Gasteiger charge is -2.39. The van der Waals surface area contributed by atoms with Crippen molar-refractivity contribution in [2.24, 2.45) is 0 Å². The Morgan fingerprint density at radius 1 is 1.27 bits per heavy atom. The van der Waals surface area contributed by atoms with Gasteiger partial charge >= 0.3 is 0 Å². The first-order valence-corrected chi connectivity index (χ1v) is 11.3. The molecule has 0 aliphatic carbocycles. The first kappa shape index (κ1) is 21.6. The zero-order valence-corrected chi connectivity index (χ0v) is 19.3. The number of carbonyl (C=O) groups excluding carboxylic acids is 1. The van der Waals surface area contributed by atoms with Gasteiger partial charge in [0.15, 0.2) is 5.75 Å². The fourth-order valence-corrected chi connectivity index (χ4v) is 4.50. The molecule has 1 amide bonds. The number of hydrogen-bond acceptors (Lipinski definition) is 6. The summed E-state index contributed by atoms with van der Waals surface area (Å²) in [4.78, 5) is 16.9. The lowest BCUT2D eigenvalue weighted by atomic mass is 9.91. The van der Waals surface area contributed by atoms with Gasteiger partial charge in [-0.3, -0.25) is 19.9 Å². The second kappa shape index (κ2) is 8.61. The van der Waals surface area contributed by atoms with E-state index in [-0.39, 0.29) is 11.4 Å². The minimum Gasteiger partial charge on any atom is -0.493 e. The normalized spacial score (nSPS) is 19.3. The third kappa shape index (κ3) is 4.00. The number of carbonyl (C=O) groups is 1. The van der Waals surface area contributed by atoms with Crippen LogP contribution in [0.1, 0.15) is 29.4 Å². The number of anilines is 1. The van der Waals surface area contributed by atoms with Gasteiger partial charge < -0.3 is 20.1 Å². The summed E-state index contributed by atoms with van der Waals surface area (Å²) in [5.74, 6) is 1.09. The number of ether oxygens (including phenoxy) is 2. The average molecular weight is 468 g/mol. The molecule has 0 saturated carbocycles. The number of aromatic nitrogens is 2. The summed E-state index contributed by atoms with van der Waals surface area (Å²) >= 11 is 6.35. The van der Waals surface area contributed by atoms with Crippen molar-refractivity contribution >= 4 is 23.2 Å². The molecule has 1 fully saturated rings. The van der Waals surface area contributed by atoms with Crippen LogP contribution in [0, 0.1) is 0 Å². The van der Waals surface area contributed by atoms with Crippen LogP contribution in [0.3, 0.4) is 0 Å². The van der Waals surface area contributed by atoms with Crippen molar-refractivity contribution in [1.29, 1.82) is 0 Å². The number of hydrogen-bond donors (Lipinski definition) is 3. The van der Waals surface area contributed by atoms with Crippen LogP contribution < -0.4 is 25.5 Å². The molecule has 5 rings (SSSR count). The molecule has 1 atom stereocenters. The molecule has 0 bridgehead atoms. The number of halogens is 1. The molecule has 3 aromatic rings. The number of methoxy groups -OCH3 is 1. The molecule has 33 heavy (non-hydrogen) atoms. The number of para-hydroxylation sites is 1. The van der Waals surface area contributed by atoms with Crippen LogP contribution >= 0.6 is 11.6 Å². The van der Waals surface area contributed by atoms with Crippen molar-refractivity contribution in [3.05, 3.63) is 59.0 Å². The van der Waals surface area contributed by atoms with E-state index in [1.807, 2.05) is 28.9 Å². The number of amides is 1. The maximum atomic E-state index is 12.7. The van der Waals surface area contributed by atoms with Crippen LogP contribution in [0.2, 0.25) is 5.02 Å². The highest BCUT2D eigenvalue weighted by molar-refractivity contribution is 6.32. The van der Waals surface area contributed by atoms with E-state index in [9.17, 15) is 4.79 Å². The summed E-state index contributed by atoms with van der Waals surface area (Å²) in [6, 6.07) is 9.30. The molecule has 2 aliphatic rings. The molecule has 9 heteroatoms. The maximum Gasteiger partial charge on any atom is 0.253 e. The second-order valence-corrected chi connectivity index (χ2v) is 8.97. The Hall–Kier alpha value is -3.23. The smallest absolute Gasteiger partial charge is 0.253 e. The van der Waals surface area contributed by atoms with E-state index in [2.05, 4.69) is 28.0 Å². The van der Waals surface area contributed by atoms with Crippen molar-refractivity contribution in [1.82, 2.24) is 20.3 Å². The Bertz CT molecular complexity index is 1200. The Morgan fingerprint density at radius 3 is 2.88 bits per heavy atom. The fourth-order valence-electron chi connectivity index (χ4n) is 4.25. The highest BCUT2D eigenvalue weighted by Gasteiger charge is 2.32. The Kier molecular flexibility index (Phi) is 5.64. The second-order valence-electron chi connectivity index (χ2n) is 8.56. The molecular formula is C24H26ClN5O3. The number of benzene rings is 1. The summed E-state index contributed by atoms with van der Waals surface area (Å²) in [7, 11) is 1.58. The molecule has 2 aliphatic heterocycles.